The third-order valence-corrected chi connectivity index (χ3v) is 2.81. The van der Waals surface area contributed by atoms with Crippen LogP contribution < -0.4 is 0 Å². The van der Waals surface area contributed by atoms with Crippen molar-refractivity contribution >= 4 is 22.4 Å². The highest BCUT2D eigenvalue weighted by Crippen LogP contribution is 2.27. The first-order chi connectivity index (χ1) is 8.63. The van der Waals surface area contributed by atoms with Gasteiger partial charge in [-0.05, 0) is 23.8 Å². The van der Waals surface area contributed by atoms with Crippen LogP contribution in [-0.4, -0.2) is 15.7 Å². The van der Waals surface area contributed by atoms with Crippen molar-refractivity contribution in [2.45, 2.75) is 19.8 Å². The number of nitrogens with zero attached hydrogens (tertiary/aromatic N) is 2. The highest BCUT2D eigenvalue weighted by atomic mass is 16.6. The topological polar surface area (TPSA) is 73.1 Å². The van der Waals surface area contributed by atoms with Crippen molar-refractivity contribution in [3.63, 3.8) is 0 Å². The molecule has 0 saturated carbocycles. The average Bonchev–Trinajstić information content (AvgIpc) is 2.38. The summed E-state index contributed by atoms with van der Waals surface area (Å²) in [6, 6.07) is 6.35. The molecule has 0 fully saturated rings. The third-order valence-electron chi connectivity index (χ3n) is 2.81. The highest BCUT2D eigenvalue weighted by molar-refractivity contribution is 5.93. The first-order valence-electron chi connectivity index (χ1n) is 5.66. The quantitative estimate of drug-likeness (QED) is 0.612. The lowest BCUT2D eigenvalue weighted by Gasteiger charge is -2.05. The fraction of sp³-hybridized carbons (Fsp3) is 0.231. The van der Waals surface area contributed by atoms with Crippen LogP contribution in [0.5, 0.6) is 0 Å². The van der Waals surface area contributed by atoms with Gasteiger partial charge in [-0.15, -0.1) is 0 Å². The summed E-state index contributed by atoms with van der Waals surface area (Å²) in [5.41, 5.74) is 1.29. The van der Waals surface area contributed by atoms with Gasteiger partial charge in [0.1, 0.15) is 5.78 Å². The van der Waals surface area contributed by atoms with Crippen LogP contribution >= 0.6 is 0 Å². The Bertz CT molecular complexity index is 623. The number of nitro groups is 1. The van der Waals surface area contributed by atoms with E-state index < -0.39 is 4.92 Å². The lowest BCUT2D eigenvalue weighted by atomic mass is 10.0. The van der Waals surface area contributed by atoms with E-state index in [0.29, 0.717) is 17.3 Å². The van der Waals surface area contributed by atoms with Crippen molar-refractivity contribution in [3.05, 3.63) is 46.1 Å². The molecule has 0 aliphatic carbocycles. The number of pyridine rings is 1. The Morgan fingerprint density at radius 1 is 1.39 bits per heavy atom. The molecule has 2 aromatic rings. The average molecular weight is 244 g/mol. The molecule has 5 nitrogen and oxygen atoms in total. The number of non-ortho nitro benzene ring substituents is 1. The first kappa shape index (κ1) is 12.2. The Hall–Kier alpha value is -2.30. The summed E-state index contributed by atoms with van der Waals surface area (Å²) in [6.07, 6.45) is 2.29. The van der Waals surface area contributed by atoms with Crippen molar-refractivity contribution in [1.82, 2.24) is 4.98 Å². The Kier molecular flexibility index (Phi) is 3.32. The summed E-state index contributed by atoms with van der Waals surface area (Å²) in [7, 11) is 0. The SMILES string of the molecule is CCC(=O)Cc1ccc([N+](=O)[O-])c2cccnc12. The number of carbonyl (C=O) groups excluding carboxylic acids is 1. The Morgan fingerprint density at radius 3 is 2.83 bits per heavy atom. The van der Waals surface area contributed by atoms with Gasteiger partial charge in [-0.2, -0.15) is 0 Å². The maximum absolute atomic E-state index is 11.5. The smallest absolute Gasteiger partial charge is 0.278 e. The van der Waals surface area contributed by atoms with E-state index in [1.54, 1.807) is 31.3 Å². The summed E-state index contributed by atoms with van der Waals surface area (Å²) >= 11 is 0. The molecule has 0 aliphatic rings. The fourth-order valence-electron chi connectivity index (χ4n) is 1.86. The maximum atomic E-state index is 11.5. The minimum absolute atomic E-state index is 0.0193. The standard InChI is InChI=1S/C13H12N2O3/c1-2-10(16)8-9-5-6-12(15(17)18)11-4-3-7-14-13(9)11/h3-7H,2,8H2,1H3. The molecular weight excluding hydrogens is 232 g/mol. The zero-order valence-electron chi connectivity index (χ0n) is 9.92. The summed E-state index contributed by atoms with van der Waals surface area (Å²) in [5, 5.41) is 11.4. The van der Waals surface area contributed by atoms with Crippen molar-refractivity contribution in [2.75, 3.05) is 0 Å². The van der Waals surface area contributed by atoms with Gasteiger partial charge in [-0.25, -0.2) is 0 Å². The largest absolute Gasteiger partial charge is 0.299 e. The van der Waals surface area contributed by atoms with Crippen LogP contribution in [0, 0.1) is 10.1 Å². The number of ketones is 1. The van der Waals surface area contributed by atoms with Crippen LogP contribution in [0.1, 0.15) is 18.9 Å². The van der Waals surface area contributed by atoms with Gasteiger partial charge in [-0.1, -0.05) is 6.92 Å². The number of hydrogen-bond donors (Lipinski definition) is 0. The van der Waals surface area contributed by atoms with E-state index in [4.69, 9.17) is 0 Å². The molecule has 0 aliphatic heterocycles. The zero-order valence-corrected chi connectivity index (χ0v) is 9.92. The van der Waals surface area contributed by atoms with Crippen LogP contribution in [0.4, 0.5) is 5.69 Å². The molecular formula is C13H12N2O3. The van der Waals surface area contributed by atoms with Crippen molar-refractivity contribution in [1.29, 1.82) is 0 Å². The minimum Gasteiger partial charge on any atom is -0.299 e. The van der Waals surface area contributed by atoms with E-state index in [2.05, 4.69) is 4.98 Å². The number of aromatic nitrogens is 1. The number of Topliss-reactive ketones (excluding diaryl/α,β-unsaturated/α-hetero) is 1. The molecule has 1 heterocycles. The van der Waals surface area contributed by atoms with E-state index in [9.17, 15) is 14.9 Å². The highest BCUT2D eigenvalue weighted by Gasteiger charge is 2.15. The molecule has 1 aromatic heterocycles. The summed E-state index contributed by atoms with van der Waals surface area (Å²) < 4.78 is 0. The van der Waals surface area contributed by atoms with Gasteiger partial charge in [0.25, 0.3) is 5.69 Å². The molecule has 0 N–H and O–H groups in total. The van der Waals surface area contributed by atoms with E-state index >= 15 is 0 Å². The lowest BCUT2D eigenvalue weighted by Crippen LogP contribution is -2.02. The second-order valence-electron chi connectivity index (χ2n) is 3.97. The molecule has 2 rings (SSSR count). The van der Waals surface area contributed by atoms with Gasteiger partial charge in [0.15, 0.2) is 0 Å². The Labute approximate surface area is 104 Å². The molecule has 0 atom stereocenters. The van der Waals surface area contributed by atoms with Crippen molar-refractivity contribution in [3.8, 4) is 0 Å². The Morgan fingerprint density at radius 2 is 2.17 bits per heavy atom. The van der Waals surface area contributed by atoms with Crippen LogP contribution in [-0.2, 0) is 11.2 Å². The van der Waals surface area contributed by atoms with Crippen molar-refractivity contribution < 1.29 is 9.72 Å². The van der Waals surface area contributed by atoms with Gasteiger partial charge in [0.05, 0.1) is 15.8 Å². The van der Waals surface area contributed by atoms with Gasteiger partial charge < -0.3 is 0 Å². The fourth-order valence-corrected chi connectivity index (χ4v) is 1.86. The van der Waals surface area contributed by atoms with Crippen LogP contribution in [0.3, 0.4) is 0 Å². The van der Waals surface area contributed by atoms with Crippen LogP contribution in [0.15, 0.2) is 30.5 Å². The zero-order chi connectivity index (χ0) is 13.1. The summed E-state index contributed by atoms with van der Waals surface area (Å²) in [4.78, 5) is 26.1. The first-order valence-corrected chi connectivity index (χ1v) is 5.66. The summed E-state index contributed by atoms with van der Waals surface area (Å²) in [6.45, 7) is 1.79. The number of carbonyl (C=O) groups is 1. The van der Waals surface area contributed by atoms with Crippen LogP contribution in [0.2, 0.25) is 0 Å². The maximum Gasteiger partial charge on any atom is 0.278 e. The molecule has 0 unspecified atom stereocenters. The van der Waals surface area contributed by atoms with Gasteiger partial charge >= 0.3 is 0 Å². The molecule has 0 spiro atoms. The van der Waals surface area contributed by atoms with E-state index in [-0.39, 0.29) is 17.9 Å². The Balaban J connectivity index is 2.61. The van der Waals surface area contributed by atoms with E-state index in [0.717, 1.165) is 5.56 Å². The van der Waals surface area contributed by atoms with Gasteiger partial charge in [-0.3, -0.25) is 19.9 Å². The van der Waals surface area contributed by atoms with E-state index in [1.165, 1.54) is 6.07 Å². The van der Waals surface area contributed by atoms with E-state index in [1.807, 2.05) is 0 Å². The lowest BCUT2D eigenvalue weighted by molar-refractivity contribution is -0.383. The molecule has 5 heteroatoms. The molecule has 1 aromatic carbocycles. The molecule has 92 valence electrons. The van der Waals surface area contributed by atoms with Crippen molar-refractivity contribution in [2.24, 2.45) is 0 Å². The molecule has 0 saturated heterocycles. The molecule has 0 radical (unpaired) electrons. The molecule has 0 bridgehead atoms. The van der Waals surface area contributed by atoms with Crippen LogP contribution in [0.25, 0.3) is 10.9 Å². The third kappa shape index (κ3) is 2.20. The van der Waals surface area contributed by atoms with Gasteiger partial charge in [0, 0.05) is 25.1 Å². The molecule has 0 amide bonds. The van der Waals surface area contributed by atoms with Gasteiger partial charge in [0.2, 0.25) is 0 Å². The number of nitro benzene ring substituents is 1. The predicted molar refractivity (Wildman–Crippen MR) is 67.4 cm³/mol. The summed E-state index contributed by atoms with van der Waals surface area (Å²) in [5.74, 6) is 0.0933. The number of rotatable bonds is 4. The predicted octanol–water partition coefficient (Wildman–Crippen LogP) is 2.66. The molecule has 18 heavy (non-hydrogen) atoms. The monoisotopic (exact) mass is 244 g/mol. The number of hydrogen-bond acceptors (Lipinski definition) is 4. The second kappa shape index (κ2) is 4.91. The minimum atomic E-state index is -0.435. The number of fused-ring (bicyclic) bond motifs is 1. The second-order valence-corrected chi connectivity index (χ2v) is 3.97. The normalized spacial score (nSPS) is 10.5. The number of benzene rings is 1.